The maximum Gasteiger partial charge on any atom is 0.335 e. The number of carboxylic acid groups (broad SMARTS) is 1. The van der Waals surface area contributed by atoms with Gasteiger partial charge in [0.25, 0.3) is 0 Å². The Bertz CT molecular complexity index is 424. The van der Waals surface area contributed by atoms with Crippen LogP contribution in [0.5, 0.6) is 0 Å². The molecule has 6 heteroatoms. The van der Waals surface area contributed by atoms with Gasteiger partial charge in [0.1, 0.15) is 11.0 Å². The summed E-state index contributed by atoms with van der Waals surface area (Å²) in [4.78, 5) is 14.9. The first-order valence-electron chi connectivity index (χ1n) is 6.25. The zero-order valence-corrected chi connectivity index (χ0v) is 11.9. The molecule has 0 saturated carbocycles. The number of aromatic nitrogens is 1. The van der Waals surface area contributed by atoms with Gasteiger partial charge in [-0.25, -0.2) is 9.78 Å². The highest BCUT2D eigenvalue weighted by Gasteiger charge is 2.07. The maximum atomic E-state index is 10.9. The molecule has 0 aliphatic rings. The fourth-order valence-corrected chi connectivity index (χ4v) is 1.68. The summed E-state index contributed by atoms with van der Waals surface area (Å²) in [5, 5.41) is 12.1. The second-order valence-electron chi connectivity index (χ2n) is 4.42. The molecular weight excluding hydrogens is 268 g/mol. The topological polar surface area (TPSA) is 71.5 Å². The van der Waals surface area contributed by atoms with Crippen LogP contribution in [0.15, 0.2) is 12.1 Å². The quantitative estimate of drug-likeness (QED) is 0.568. The van der Waals surface area contributed by atoms with E-state index >= 15 is 0 Å². The van der Waals surface area contributed by atoms with Crippen molar-refractivity contribution >= 4 is 23.4 Å². The molecule has 5 nitrogen and oxygen atoms in total. The standard InChI is InChI=1S/C13H19ClN2O3/c1-9(2)19-6-4-3-5-15-12-8-10(13(17)18)7-11(14)16-12/h7-9H,3-6H2,1-2H3,(H,15,16)(H,17,18). The van der Waals surface area contributed by atoms with Crippen molar-refractivity contribution in [3.8, 4) is 0 Å². The van der Waals surface area contributed by atoms with E-state index in [9.17, 15) is 4.79 Å². The molecule has 0 aliphatic carbocycles. The Kier molecular flexibility index (Phi) is 6.59. The van der Waals surface area contributed by atoms with Gasteiger partial charge >= 0.3 is 5.97 Å². The Morgan fingerprint density at radius 2 is 2.21 bits per heavy atom. The fourth-order valence-electron chi connectivity index (χ4n) is 1.47. The first kappa shape index (κ1) is 15.7. The van der Waals surface area contributed by atoms with E-state index in [1.807, 2.05) is 13.8 Å². The molecule has 0 aromatic carbocycles. The molecule has 0 radical (unpaired) electrons. The summed E-state index contributed by atoms with van der Waals surface area (Å²) < 4.78 is 5.42. The van der Waals surface area contributed by atoms with Crippen molar-refractivity contribution < 1.29 is 14.6 Å². The lowest BCUT2D eigenvalue weighted by molar-refractivity contribution is 0.0696. The third-order valence-corrected chi connectivity index (χ3v) is 2.56. The number of rotatable bonds is 8. The molecule has 1 aromatic rings. The van der Waals surface area contributed by atoms with Crippen molar-refractivity contribution in [1.82, 2.24) is 4.98 Å². The van der Waals surface area contributed by atoms with Crippen LogP contribution in [0.4, 0.5) is 5.82 Å². The smallest absolute Gasteiger partial charge is 0.335 e. The Morgan fingerprint density at radius 3 is 2.84 bits per heavy atom. The summed E-state index contributed by atoms with van der Waals surface area (Å²) in [7, 11) is 0. The predicted octanol–water partition coefficient (Wildman–Crippen LogP) is 3.05. The zero-order chi connectivity index (χ0) is 14.3. The van der Waals surface area contributed by atoms with Crippen LogP contribution in [-0.2, 0) is 4.74 Å². The van der Waals surface area contributed by atoms with Crippen molar-refractivity contribution in [2.24, 2.45) is 0 Å². The number of halogens is 1. The minimum absolute atomic E-state index is 0.130. The molecule has 0 unspecified atom stereocenters. The number of hydrogen-bond acceptors (Lipinski definition) is 4. The van der Waals surface area contributed by atoms with Crippen LogP contribution in [0.2, 0.25) is 5.15 Å². The lowest BCUT2D eigenvalue weighted by Crippen LogP contribution is -2.08. The number of unbranched alkanes of at least 4 members (excludes halogenated alkanes) is 1. The fraction of sp³-hybridized carbons (Fsp3) is 0.538. The molecule has 1 rings (SSSR count). The van der Waals surface area contributed by atoms with E-state index in [0.717, 1.165) is 19.4 Å². The third-order valence-electron chi connectivity index (χ3n) is 2.37. The van der Waals surface area contributed by atoms with Crippen LogP contribution in [0, 0.1) is 0 Å². The summed E-state index contributed by atoms with van der Waals surface area (Å²) in [5.74, 6) is -0.535. The number of pyridine rings is 1. The van der Waals surface area contributed by atoms with E-state index in [1.165, 1.54) is 12.1 Å². The average Bonchev–Trinajstić information content (AvgIpc) is 2.32. The van der Waals surface area contributed by atoms with Crippen molar-refractivity contribution in [3.05, 3.63) is 22.8 Å². The van der Waals surface area contributed by atoms with E-state index in [2.05, 4.69) is 10.3 Å². The van der Waals surface area contributed by atoms with Crippen LogP contribution < -0.4 is 5.32 Å². The van der Waals surface area contributed by atoms with Crippen molar-refractivity contribution in [1.29, 1.82) is 0 Å². The Morgan fingerprint density at radius 1 is 1.47 bits per heavy atom. The molecule has 1 aromatic heterocycles. The second-order valence-corrected chi connectivity index (χ2v) is 4.81. The van der Waals surface area contributed by atoms with Gasteiger partial charge in [-0.2, -0.15) is 0 Å². The molecule has 2 N–H and O–H groups in total. The minimum Gasteiger partial charge on any atom is -0.478 e. The number of ether oxygens (including phenoxy) is 1. The zero-order valence-electron chi connectivity index (χ0n) is 11.1. The normalized spacial score (nSPS) is 10.7. The van der Waals surface area contributed by atoms with E-state index in [-0.39, 0.29) is 16.8 Å². The van der Waals surface area contributed by atoms with Gasteiger partial charge < -0.3 is 15.2 Å². The van der Waals surface area contributed by atoms with E-state index in [1.54, 1.807) is 0 Å². The molecular formula is C13H19ClN2O3. The van der Waals surface area contributed by atoms with Crippen LogP contribution in [0.3, 0.4) is 0 Å². The van der Waals surface area contributed by atoms with Crippen molar-refractivity contribution in [2.45, 2.75) is 32.8 Å². The molecule has 106 valence electrons. The highest BCUT2D eigenvalue weighted by Crippen LogP contribution is 2.14. The molecule has 1 heterocycles. The van der Waals surface area contributed by atoms with Crippen molar-refractivity contribution in [2.75, 3.05) is 18.5 Å². The summed E-state index contributed by atoms with van der Waals surface area (Å²) in [5.41, 5.74) is 0.130. The maximum absolute atomic E-state index is 10.9. The van der Waals surface area contributed by atoms with Crippen LogP contribution in [0.1, 0.15) is 37.0 Å². The van der Waals surface area contributed by atoms with Gasteiger partial charge in [-0.3, -0.25) is 0 Å². The Labute approximate surface area is 117 Å². The van der Waals surface area contributed by atoms with E-state index in [4.69, 9.17) is 21.4 Å². The van der Waals surface area contributed by atoms with Gasteiger partial charge in [0.2, 0.25) is 0 Å². The SMILES string of the molecule is CC(C)OCCCCNc1cc(C(=O)O)cc(Cl)n1. The summed E-state index contributed by atoms with van der Waals surface area (Å²) in [6.45, 7) is 5.43. The average molecular weight is 287 g/mol. The van der Waals surface area contributed by atoms with Gasteiger partial charge in [-0.05, 0) is 38.8 Å². The number of carboxylic acids is 1. The number of hydrogen-bond donors (Lipinski definition) is 2. The summed E-state index contributed by atoms with van der Waals surface area (Å²) in [6, 6.07) is 2.80. The number of nitrogens with zero attached hydrogens (tertiary/aromatic N) is 1. The molecule has 19 heavy (non-hydrogen) atoms. The van der Waals surface area contributed by atoms with Gasteiger partial charge in [-0.15, -0.1) is 0 Å². The van der Waals surface area contributed by atoms with Crippen molar-refractivity contribution in [3.63, 3.8) is 0 Å². The Balaban J connectivity index is 2.35. The molecule has 0 atom stereocenters. The highest BCUT2D eigenvalue weighted by atomic mass is 35.5. The predicted molar refractivity (Wildman–Crippen MR) is 75.0 cm³/mol. The molecule has 0 fully saturated rings. The van der Waals surface area contributed by atoms with Gasteiger partial charge in [0, 0.05) is 13.2 Å². The number of carbonyl (C=O) groups is 1. The Hall–Kier alpha value is -1.33. The van der Waals surface area contributed by atoms with E-state index < -0.39 is 5.97 Å². The minimum atomic E-state index is -1.02. The number of aromatic carboxylic acids is 1. The van der Waals surface area contributed by atoms with E-state index in [0.29, 0.717) is 12.4 Å². The van der Waals surface area contributed by atoms with Crippen LogP contribution in [-0.4, -0.2) is 35.3 Å². The number of nitrogens with one attached hydrogen (secondary N) is 1. The second kappa shape index (κ2) is 7.96. The first-order chi connectivity index (χ1) is 8.99. The molecule has 0 saturated heterocycles. The van der Waals surface area contributed by atoms with Crippen LogP contribution >= 0.6 is 11.6 Å². The summed E-state index contributed by atoms with van der Waals surface area (Å²) in [6.07, 6.45) is 2.11. The van der Waals surface area contributed by atoms with Crippen LogP contribution in [0.25, 0.3) is 0 Å². The monoisotopic (exact) mass is 286 g/mol. The summed E-state index contributed by atoms with van der Waals surface area (Å²) >= 11 is 5.76. The van der Waals surface area contributed by atoms with Gasteiger partial charge in [0.15, 0.2) is 0 Å². The molecule has 0 bridgehead atoms. The highest BCUT2D eigenvalue weighted by molar-refractivity contribution is 6.29. The molecule has 0 aliphatic heterocycles. The lowest BCUT2D eigenvalue weighted by Gasteiger charge is -2.09. The largest absolute Gasteiger partial charge is 0.478 e. The molecule has 0 spiro atoms. The number of anilines is 1. The molecule has 0 amide bonds. The van der Waals surface area contributed by atoms with Gasteiger partial charge in [-0.1, -0.05) is 11.6 Å². The first-order valence-corrected chi connectivity index (χ1v) is 6.63. The lowest BCUT2D eigenvalue weighted by atomic mass is 10.2. The third kappa shape index (κ3) is 6.40. The van der Waals surface area contributed by atoms with Gasteiger partial charge in [0.05, 0.1) is 11.7 Å².